The van der Waals surface area contributed by atoms with Crippen LogP contribution in [0, 0.1) is 0 Å². The Balaban J connectivity index is 1.35. The van der Waals surface area contributed by atoms with Crippen molar-refractivity contribution in [1.82, 2.24) is 24.8 Å². The molecular formula is C15H16FN5OS. The molecule has 0 radical (unpaired) electrons. The average Bonchev–Trinajstić information content (AvgIpc) is 3.25. The van der Waals surface area contributed by atoms with E-state index >= 15 is 0 Å². The fourth-order valence-electron chi connectivity index (χ4n) is 2.77. The standard InChI is InChI=1S/C15H16FN5OS/c16-10-6-21(8-14-17-4-5-23-14)7-12(10)22-9-13-19-11-2-1-3-18-15(11)20-13/h1-5,10,12H,6-9H2,(H,18,19,20). The van der Waals surface area contributed by atoms with Crippen molar-refractivity contribution in [3.63, 3.8) is 0 Å². The molecule has 0 amide bonds. The van der Waals surface area contributed by atoms with E-state index in [0.717, 1.165) is 10.5 Å². The second-order valence-electron chi connectivity index (χ2n) is 5.54. The number of thiazole rings is 1. The number of H-pyrrole nitrogens is 1. The molecule has 8 heteroatoms. The fourth-order valence-corrected chi connectivity index (χ4v) is 3.42. The van der Waals surface area contributed by atoms with Gasteiger partial charge in [-0.2, -0.15) is 0 Å². The number of pyridine rings is 1. The second-order valence-corrected chi connectivity index (χ2v) is 6.52. The van der Waals surface area contributed by atoms with E-state index in [1.165, 1.54) is 0 Å². The first-order valence-corrected chi connectivity index (χ1v) is 8.32. The maximum absolute atomic E-state index is 14.1. The Labute approximate surface area is 136 Å². The smallest absolute Gasteiger partial charge is 0.177 e. The molecule has 23 heavy (non-hydrogen) atoms. The molecule has 0 bridgehead atoms. The first kappa shape index (κ1) is 14.7. The van der Waals surface area contributed by atoms with Gasteiger partial charge < -0.3 is 9.72 Å². The Morgan fingerprint density at radius 3 is 3.13 bits per heavy atom. The van der Waals surface area contributed by atoms with Crippen LogP contribution in [0.4, 0.5) is 4.39 Å². The van der Waals surface area contributed by atoms with Crippen molar-refractivity contribution >= 4 is 22.5 Å². The number of ether oxygens (including phenoxy) is 1. The number of nitrogens with zero attached hydrogens (tertiary/aromatic N) is 4. The number of aromatic amines is 1. The maximum atomic E-state index is 14.1. The second kappa shape index (κ2) is 6.31. The number of likely N-dealkylation sites (tertiary alicyclic amines) is 1. The number of fused-ring (bicyclic) bond motifs is 1. The summed E-state index contributed by atoms with van der Waals surface area (Å²) < 4.78 is 19.9. The Bertz CT molecular complexity index is 744. The van der Waals surface area contributed by atoms with Crippen molar-refractivity contribution < 1.29 is 9.13 Å². The fraction of sp³-hybridized carbons (Fsp3) is 0.400. The van der Waals surface area contributed by atoms with Gasteiger partial charge in [0, 0.05) is 30.9 Å². The minimum Gasteiger partial charge on any atom is -0.366 e. The number of alkyl halides is 1. The van der Waals surface area contributed by atoms with Crippen molar-refractivity contribution in [2.45, 2.75) is 25.4 Å². The van der Waals surface area contributed by atoms with E-state index in [2.05, 4.69) is 19.9 Å². The first-order chi connectivity index (χ1) is 11.3. The molecule has 1 aliphatic heterocycles. The number of hydrogen-bond acceptors (Lipinski definition) is 6. The van der Waals surface area contributed by atoms with Crippen LogP contribution in [-0.2, 0) is 17.9 Å². The van der Waals surface area contributed by atoms with E-state index in [9.17, 15) is 4.39 Å². The number of hydrogen-bond donors (Lipinski definition) is 1. The largest absolute Gasteiger partial charge is 0.366 e. The lowest BCUT2D eigenvalue weighted by molar-refractivity contribution is 0.00863. The molecule has 2 atom stereocenters. The van der Waals surface area contributed by atoms with E-state index in [4.69, 9.17) is 4.74 Å². The lowest BCUT2D eigenvalue weighted by atomic mass is 10.3. The molecule has 4 heterocycles. The summed E-state index contributed by atoms with van der Waals surface area (Å²) in [6.07, 6.45) is 2.04. The highest BCUT2D eigenvalue weighted by Crippen LogP contribution is 2.21. The van der Waals surface area contributed by atoms with Gasteiger partial charge in [-0.25, -0.2) is 19.3 Å². The third-order valence-corrected chi connectivity index (χ3v) is 4.62. The molecule has 1 fully saturated rings. The summed E-state index contributed by atoms with van der Waals surface area (Å²) in [5.74, 6) is 0.671. The lowest BCUT2D eigenvalue weighted by Gasteiger charge is -2.14. The van der Waals surface area contributed by atoms with Gasteiger partial charge in [-0.15, -0.1) is 11.3 Å². The van der Waals surface area contributed by atoms with Crippen LogP contribution in [0.25, 0.3) is 11.2 Å². The first-order valence-electron chi connectivity index (χ1n) is 7.44. The van der Waals surface area contributed by atoms with Gasteiger partial charge in [-0.3, -0.25) is 4.90 Å². The number of imidazole rings is 1. The van der Waals surface area contributed by atoms with Crippen LogP contribution in [0.2, 0.25) is 0 Å². The summed E-state index contributed by atoms with van der Waals surface area (Å²) in [5.41, 5.74) is 1.51. The van der Waals surface area contributed by atoms with Crippen LogP contribution in [0.15, 0.2) is 29.9 Å². The van der Waals surface area contributed by atoms with E-state index in [1.54, 1.807) is 23.7 Å². The highest BCUT2D eigenvalue weighted by molar-refractivity contribution is 7.09. The molecular weight excluding hydrogens is 317 g/mol. The highest BCUT2D eigenvalue weighted by atomic mass is 32.1. The zero-order chi connectivity index (χ0) is 15.6. The number of halogens is 1. The topological polar surface area (TPSA) is 66.9 Å². The highest BCUT2D eigenvalue weighted by Gasteiger charge is 2.34. The predicted octanol–water partition coefficient (Wildman–Crippen LogP) is 2.15. The summed E-state index contributed by atoms with van der Waals surface area (Å²) in [7, 11) is 0. The van der Waals surface area contributed by atoms with Gasteiger partial charge in [0.2, 0.25) is 0 Å². The normalized spacial score (nSPS) is 22.1. The number of rotatable bonds is 5. The minimum atomic E-state index is -0.988. The molecule has 2 unspecified atom stereocenters. The summed E-state index contributed by atoms with van der Waals surface area (Å²) in [6.45, 7) is 1.88. The average molecular weight is 333 g/mol. The summed E-state index contributed by atoms with van der Waals surface area (Å²) in [4.78, 5) is 17.9. The Hall–Kier alpha value is -1.90. The van der Waals surface area contributed by atoms with Gasteiger partial charge in [0.15, 0.2) is 5.65 Å². The van der Waals surface area contributed by atoms with Gasteiger partial charge in [-0.05, 0) is 12.1 Å². The van der Waals surface area contributed by atoms with E-state index in [-0.39, 0.29) is 6.61 Å². The monoisotopic (exact) mass is 333 g/mol. The molecule has 0 aliphatic carbocycles. The van der Waals surface area contributed by atoms with Crippen LogP contribution in [0.1, 0.15) is 10.8 Å². The Morgan fingerprint density at radius 1 is 1.35 bits per heavy atom. The molecule has 0 saturated carbocycles. The Morgan fingerprint density at radius 2 is 2.30 bits per heavy atom. The van der Waals surface area contributed by atoms with Crippen molar-refractivity contribution in [1.29, 1.82) is 0 Å². The minimum absolute atomic E-state index is 0.256. The number of nitrogens with one attached hydrogen (secondary N) is 1. The SMILES string of the molecule is FC1CN(Cc2nccs2)CC1OCc1nc2ncccc2[nH]1. The zero-order valence-electron chi connectivity index (χ0n) is 12.4. The van der Waals surface area contributed by atoms with Crippen LogP contribution in [-0.4, -0.2) is 50.2 Å². The van der Waals surface area contributed by atoms with Crippen LogP contribution < -0.4 is 0 Å². The molecule has 120 valence electrons. The van der Waals surface area contributed by atoms with E-state index in [1.807, 2.05) is 22.4 Å². The molecule has 1 N–H and O–H groups in total. The van der Waals surface area contributed by atoms with Crippen molar-refractivity contribution in [3.8, 4) is 0 Å². The van der Waals surface area contributed by atoms with Gasteiger partial charge >= 0.3 is 0 Å². The Kier molecular flexibility index (Phi) is 4.02. The molecule has 3 aromatic heterocycles. The lowest BCUT2D eigenvalue weighted by Crippen LogP contribution is -2.24. The van der Waals surface area contributed by atoms with Crippen LogP contribution in [0.3, 0.4) is 0 Å². The maximum Gasteiger partial charge on any atom is 0.177 e. The summed E-state index contributed by atoms with van der Waals surface area (Å²) in [5, 5.41) is 2.93. The van der Waals surface area contributed by atoms with E-state index in [0.29, 0.717) is 31.1 Å². The summed E-state index contributed by atoms with van der Waals surface area (Å²) in [6, 6.07) is 3.75. The van der Waals surface area contributed by atoms with Crippen molar-refractivity contribution in [2.24, 2.45) is 0 Å². The van der Waals surface area contributed by atoms with Gasteiger partial charge in [-0.1, -0.05) is 0 Å². The molecule has 1 aliphatic rings. The third-order valence-electron chi connectivity index (χ3n) is 3.86. The quantitative estimate of drug-likeness (QED) is 0.775. The van der Waals surface area contributed by atoms with Gasteiger partial charge in [0.25, 0.3) is 0 Å². The molecule has 3 aromatic rings. The summed E-state index contributed by atoms with van der Waals surface area (Å²) >= 11 is 1.59. The predicted molar refractivity (Wildman–Crippen MR) is 84.8 cm³/mol. The molecule has 1 saturated heterocycles. The van der Waals surface area contributed by atoms with Gasteiger partial charge in [0.05, 0.1) is 12.1 Å². The zero-order valence-corrected chi connectivity index (χ0v) is 13.2. The molecule has 0 spiro atoms. The molecule has 4 rings (SSSR count). The van der Waals surface area contributed by atoms with Crippen LogP contribution in [0.5, 0.6) is 0 Å². The van der Waals surface area contributed by atoms with Gasteiger partial charge in [0.1, 0.15) is 29.7 Å². The van der Waals surface area contributed by atoms with Crippen molar-refractivity contribution in [3.05, 3.63) is 40.7 Å². The molecule has 0 aromatic carbocycles. The van der Waals surface area contributed by atoms with Crippen molar-refractivity contribution in [2.75, 3.05) is 13.1 Å². The van der Waals surface area contributed by atoms with Crippen LogP contribution >= 0.6 is 11.3 Å². The number of aromatic nitrogens is 4. The third kappa shape index (κ3) is 3.24. The molecule has 6 nitrogen and oxygen atoms in total. The van der Waals surface area contributed by atoms with E-state index < -0.39 is 12.3 Å².